The Morgan fingerprint density at radius 3 is 1.69 bits per heavy atom. The summed E-state index contributed by atoms with van der Waals surface area (Å²) >= 11 is 0. The number of hydrogen-bond donors (Lipinski definition) is 0. The van der Waals surface area contributed by atoms with Crippen LogP contribution >= 0.6 is 0 Å². The molecular weight excluding hydrogens is 444 g/mol. The average Bonchev–Trinajstić information content (AvgIpc) is 2.79. The van der Waals surface area contributed by atoms with Gasteiger partial charge in [-0.05, 0) is 51.3 Å². The molecule has 0 bridgehead atoms. The SMILES string of the molecule is CC(C)(C)c1ccc2c(c1)C(C)(C)c1cc3c(cc1N2[O-])[N+](=O)c1ccc(C(C)(C)C)cc1C3(C)C. The van der Waals surface area contributed by atoms with Crippen molar-refractivity contribution in [3.8, 4) is 0 Å². The molecule has 0 unspecified atom stereocenters. The second kappa shape index (κ2) is 7.29. The van der Waals surface area contributed by atoms with E-state index in [1.54, 1.807) is 0 Å². The van der Waals surface area contributed by atoms with Gasteiger partial charge in [0.1, 0.15) is 0 Å². The first-order chi connectivity index (χ1) is 16.5. The summed E-state index contributed by atoms with van der Waals surface area (Å²) in [5.41, 5.74) is 8.01. The molecule has 5 rings (SSSR count). The highest BCUT2D eigenvalue weighted by Crippen LogP contribution is 2.55. The molecule has 4 nitrogen and oxygen atoms in total. The Kier molecular flexibility index (Phi) is 5.00. The molecule has 0 aromatic heterocycles. The third kappa shape index (κ3) is 3.37. The number of fused-ring (bicyclic) bond motifs is 4. The van der Waals surface area contributed by atoms with Crippen molar-refractivity contribution in [2.24, 2.45) is 0 Å². The second-order valence-electron chi connectivity index (χ2n) is 13.7. The largest absolute Gasteiger partial charge is 0.754 e. The van der Waals surface area contributed by atoms with Crippen molar-refractivity contribution in [3.05, 3.63) is 92.0 Å². The third-order valence-corrected chi connectivity index (χ3v) is 8.41. The van der Waals surface area contributed by atoms with Crippen LogP contribution in [0.1, 0.15) is 103 Å². The average molecular weight is 483 g/mol. The Bertz CT molecular complexity index is 1430. The molecule has 188 valence electrons. The molecule has 0 amide bonds. The molecule has 0 atom stereocenters. The molecule has 2 aliphatic rings. The van der Waals surface area contributed by atoms with Crippen LogP contribution in [0.4, 0.5) is 22.7 Å². The fraction of sp³-hybridized carbons (Fsp3) is 0.438. The zero-order chi connectivity index (χ0) is 26.6. The Morgan fingerprint density at radius 2 is 1.11 bits per heavy atom. The molecule has 0 saturated carbocycles. The number of rotatable bonds is 0. The van der Waals surface area contributed by atoms with Crippen LogP contribution in [0.25, 0.3) is 0 Å². The highest BCUT2D eigenvalue weighted by Gasteiger charge is 2.46. The summed E-state index contributed by atoms with van der Waals surface area (Å²) in [6, 6.07) is 16.3. The minimum atomic E-state index is -0.390. The fourth-order valence-corrected chi connectivity index (χ4v) is 5.82. The zero-order valence-corrected chi connectivity index (χ0v) is 23.3. The van der Waals surface area contributed by atoms with E-state index in [0.29, 0.717) is 22.7 Å². The smallest absolute Gasteiger partial charge is 0.269 e. The van der Waals surface area contributed by atoms with E-state index in [1.807, 2.05) is 18.2 Å². The lowest BCUT2D eigenvalue weighted by atomic mass is 9.68. The van der Waals surface area contributed by atoms with Gasteiger partial charge in [-0.2, -0.15) is 0 Å². The Morgan fingerprint density at radius 1 is 0.639 bits per heavy atom. The first-order valence-electron chi connectivity index (χ1n) is 12.9. The van der Waals surface area contributed by atoms with E-state index < -0.39 is 0 Å². The predicted molar refractivity (Wildman–Crippen MR) is 151 cm³/mol. The number of anilines is 2. The zero-order valence-electron chi connectivity index (χ0n) is 23.3. The summed E-state index contributed by atoms with van der Waals surface area (Å²) in [4.78, 5) is 13.7. The number of nitrogens with zero attached hydrogens (tertiary/aromatic N) is 2. The highest BCUT2D eigenvalue weighted by atomic mass is 16.5. The van der Waals surface area contributed by atoms with Crippen molar-refractivity contribution >= 4 is 22.7 Å². The second-order valence-corrected chi connectivity index (χ2v) is 13.7. The summed E-state index contributed by atoms with van der Waals surface area (Å²) in [5, 5.41) is 14.7. The summed E-state index contributed by atoms with van der Waals surface area (Å²) in [6.07, 6.45) is 0. The van der Waals surface area contributed by atoms with E-state index in [-0.39, 0.29) is 21.7 Å². The maximum atomic E-state index is 13.7. The minimum absolute atomic E-state index is 0.0194. The maximum absolute atomic E-state index is 13.7. The van der Waals surface area contributed by atoms with Crippen molar-refractivity contribution in [1.29, 1.82) is 0 Å². The Balaban J connectivity index is 1.74. The molecule has 2 aliphatic heterocycles. The lowest BCUT2D eigenvalue weighted by Crippen LogP contribution is -2.34. The van der Waals surface area contributed by atoms with Crippen molar-refractivity contribution in [2.45, 2.75) is 90.9 Å². The monoisotopic (exact) mass is 482 g/mol. The number of nitroso groups, excluding NO2 is 1. The fourth-order valence-electron chi connectivity index (χ4n) is 5.82. The van der Waals surface area contributed by atoms with Crippen LogP contribution in [0.5, 0.6) is 0 Å². The first kappa shape index (κ1) is 24.7. The van der Waals surface area contributed by atoms with Crippen LogP contribution in [0.3, 0.4) is 0 Å². The van der Waals surface area contributed by atoms with Crippen LogP contribution in [0.2, 0.25) is 0 Å². The van der Waals surface area contributed by atoms with Crippen LogP contribution < -0.4 is 9.82 Å². The van der Waals surface area contributed by atoms with Crippen LogP contribution in [0.15, 0.2) is 48.5 Å². The molecule has 4 heteroatoms. The maximum Gasteiger partial charge on any atom is 0.269 e. The number of hydrogen-bond acceptors (Lipinski definition) is 3. The molecule has 0 N–H and O–H groups in total. The van der Waals surface area contributed by atoms with Crippen LogP contribution in [-0.2, 0) is 21.7 Å². The lowest BCUT2D eigenvalue weighted by molar-refractivity contribution is 0.572. The van der Waals surface area contributed by atoms with Gasteiger partial charge in [0, 0.05) is 50.4 Å². The van der Waals surface area contributed by atoms with Crippen molar-refractivity contribution < 1.29 is 0 Å². The molecule has 36 heavy (non-hydrogen) atoms. The standard InChI is InChI=1S/C32H38N2O2/c1-29(2,3)19-11-13-25-21(15-19)31(7,8)23-17-24-28(18-27(23)33(25)35)34(36)26-14-12-20(30(4,5)6)16-22(26)32(24,9)10/h11-18H,1-10H3. The molecule has 3 aromatic rings. The van der Waals surface area contributed by atoms with E-state index in [1.165, 1.54) is 11.1 Å². The van der Waals surface area contributed by atoms with Gasteiger partial charge in [-0.3, -0.25) is 0 Å². The molecular formula is C32H38N2O2. The van der Waals surface area contributed by atoms with Gasteiger partial charge in [0.25, 0.3) is 11.4 Å². The quantitative estimate of drug-likeness (QED) is 0.301. The van der Waals surface area contributed by atoms with Gasteiger partial charge in [-0.1, -0.05) is 87.4 Å². The summed E-state index contributed by atoms with van der Waals surface area (Å²) in [7, 11) is 0. The Labute approximate surface area is 215 Å². The number of benzene rings is 3. The van der Waals surface area contributed by atoms with Gasteiger partial charge < -0.3 is 10.3 Å². The van der Waals surface area contributed by atoms with Gasteiger partial charge in [-0.25, -0.2) is 0 Å². The van der Waals surface area contributed by atoms with Crippen molar-refractivity contribution in [2.75, 3.05) is 5.06 Å². The van der Waals surface area contributed by atoms with Gasteiger partial charge in [0.2, 0.25) is 0 Å². The van der Waals surface area contributed by atoms with E-state index in [2.05, 4.69) is 99.6 Å². The molecule has 3 aromatic carbocycles. The molecule has 0 fully saturated rings. The van der Waals surface area contributed by atoms with E-state index in [9.17, 15) is 10.1 Å². The van der Waals surface area contributed by atoms with Gasteiger partial charge >= 0.3 is 0 Å². The van der Waals surface area contributed by atoms with Gasteiger partial charge in [0.15, 0.2) is 0 Å². The predicted octanol–water partition coefficient (Wildman–Crippen LogP) is 8.80. The molecule has 0 radical (unpaired) electrons. The summed E-state index contributed by atoms with van der Waals surface area (Å²) in [5.74, 6) is 0. The third-order valence-electron chi connectivity index (χ3n) is 8.41. The molecule has 0 spiro atoms. The van der Waals surface area contributed by atoms with Crippen LogP contribution in [-0.4, -0.2) is 0 Å². The van der Waals surface area contributed by atoms with Crippen LogP contribution in [0, 0.1) is 10.1 Å². The van der Waals surface area contributed by atoms with E-state index in [0.717, 1.165) is 32.1 Å². The topological polar surface area (TPSA) is 46.4 Å². The molecule has 0 saturated heterocycles. The summed E-state index contributed by atoms with van der Waals surface area (Å²) in [6.45, 7) is 21.9. The lowest BCUT2D eigenvalue weighted by Gasteiger charge is -2.46. The van der Waals surface area contributed by atoms with E-state index in [4.69, 9.17) is 0 Å². The summed E-state index contributed by atoms with van der Waals surface area (Å²) < 4.78 is 1.02. The van der Waals surface area contributed by atoms with Gasteiger partial charge in [0.05, 0.1) is 4.76 Å². The molecule has 0 aliphatic carbocycles. The van der Waals surface area contributed by atoms with Crippen molar-refractivity contribution in [3.63, 3.8) is 0 Å². The molecule has 2 heterocycles. The van der Waals surface area contributed by atoms with Crippen molar-refractivity contribution in [1.82, 2.24) is 4.76 Å². The normalized spacial score (nSPS) is 17.8. The minimum Gasteiger partial charge on any atom is -0.754 e. The first-order valence-corrected chi connectivity index (χ1v) is 12.9. The Hall–Kier alpha value is -2.98. The van der Waals surface area contributed by atoms with E-state index >= 15 is 0 Å². The highest BCUT2D eigenvalue weighted by molar-refractivity contribution is 5.84. The van der Waals surface area contributed by atoms with Gasteiger partial charge in [-0.15, -0.1) is 0 Å².